The highest BCUT2D eigenvalue weighted by Gasteiger charge is 2.82. The van der Waals surface area contributed by atoms with Gasteiger partial charge in [-0.05, 0) is 70.2 Å². The molecule has 1 aliphatic heterocycles. The number of benzene rings is 2. The minimum Gasteiger partial charge on any atom is -0.459 e. The van der Waals surface area contributed by atoms with Gasteiger partial charge in [0.2, 0.25) is 0 Å². The molecule has 5 rings (SSSR count). The van der Waals surface area contributed by atoms with E-state index in [0.717, 1.165) is 11.1 Å². The first kappa shape index (κ1) is 30.7. The number of ether oxygens (including phenoxy) is 4. The fraction of sp³-hybridized carbons (Fsp3) is 0.457. The molecular formula is C35H40O8. The van der Waals surface area contributed by atoms with E-state index >= 15 is 0 Å². The van der Waals surface area contributed by atoms with Crippen LogP contribution in [0.2, 0.25) is 0 Å². The van der Waals surface area contributed by atoms with Crippen LogP contribution < -0.4 is 0 Å². The summed E-state index contributed by atoms with van der Waals surface area (Å²) in [5.74, 6) is -2.07. The summed E-state index contributed by atoms with van der Waals surface area (Å²) in [6.45, 7) is 8.57. The molecule has 0 amide bonds. The lowest BCUT2D eigenvalue weighted by Crippen LogP contribution is -2.79. The van der Waals surface area contributed by atoms with E-state index in [0.29, 0.717) is 0 Å². The normalized spacial score (nSPS) is 34.5. The maximum atomic E-state index is 13.3. The molecule has 1 saturated heterocycles. The van der Waals surface area contributed by atoms with Gasteiger partial charge in [0, 0.05) is 25.0 Å². The van der Waals surface area contributed by atoms with Crippen LogP contribution in [0.1, 0.15) is 65.0 Å². The molecule has 8 nitrogen and oxygen atoms in total. The summed E-state index contributed by atoms with van der Waals surface area (Å²) in [5.41, 5.74) is -3.53. The second-order valence-electron chi connectivity index (χ2n) is 12.7. The molecule has 7 atom stereocenters. The molecule has 7 unspecified atom stereocenters. The lowest BCUT2D eigenvalue weighted by Gasteiger charge is -2.64. The number of fused-ring (bicyclic) bond motifs is 1. The van der Waals surface area contributed by atoms with Crippen LogP contribution >= 0.6 is 0 Å². The van der Waals surface area contributed by atoms with Crippen molar-refractivity contribution in [2.75, 3.05) is 0 Å². The molecule has 1 heterocycles. The molecule has 3 fully saturated rings. The predicted octanol–water partition coefficient (Wildman–Crippen LogP) is 5.29. The van der Waals surface area contributed by atoms with Gasteiger partial charge in [0.15, 0.2) is 0 Å². The minimum absolute atomic E-state index is 0.206. The van der Waals surface area contributed by atoms with E-state index in [1.54, 1.807) is 19.1 Å². The first-order chi connectivity index (χ1) is 20.3. The smallest absolute Gasteiger partial charge is 0.331 e. The summed E-state index contributed by atoms with van der Waals surface area (Å²) in [6, 6.07) is 18.8. The van der Waals surface area contributed by atoms with E-state index in [1.807, 2.05) is 81.4 Å². The minimum atomic E-state index is -1.54. The molecule has 2 aromatic carbocycles. The molecule has 3 aliphatic rings. The Hall–Kier alpha value is -3.75. The Bertz CT molecular complexity index is 1410. The van der Waals surface area contributed by atoms with Crippen LogP contribution in [0.3, 0.4) is 0 Å². The molecule has 1 spiro atoms. The topological polar surface area (TPSA) is 108 Å². The number of aliphatic hydroxyl groups is 1. The highest BCUT2D eigenvalue weighted by atomic mass is 16.6. The Labute approximate surface area is 252 Å². The van der Waals surface area contributed by atoms with E-state index in [2.05, 4.69) is 0 Å². The number of carbonyl (C=O) groups excluding carboxylic acids is 3. The van der Waals surface area contributed by atoms with Gasteiger partial charge in [-0.3, -0.25) is 4.79 Å². The Morgan fingerprint density at radius 1 is 0.814 bits per heavy atom. The monoisotopic (exact) mass is 588 g/mol. The SMILES string of the molecule is CC(=O)OC1C2CC(OC(=O)C=Cc3ccccc3)C3(C)C(OC(=O)C=Cc4ccccc4)CCC(C)(O)C13OC2(C)C. The van der Waals surface area contributed by atoms with Crippen LogP contribution in [0.15, 0.2) is 72.8 Å². The standard InChI is InChI=1S/C35H40O8/c1-23(36)40-31-26-22-28(42-30(38)19-17-25-14-10-7-11-15-25)34(5)27(41-29(37)18-16-24-12-8-6-9-13-24)20-21-33(4,39)35(31,34)43-32(26,2)3/h6-19,26-28,31,39H,20-22H2,1-5H3. The van der Waals surface area contributed by atoms with Crippen molar-refractivity contribution in [2.24, 2.45) is 11.3 Å². The van der Waals surface area contributed by atoms with Crippen LogP contribution in [0.25, 0.3) is 12.2 Å². The summed E-state index contributed by atoms with van der Waals surface area (Å²) in [6.07, 6.45) is 4.30. The van der Waals surface area contributed by atoms with Crippen molar-refractivity contribution < 1.29 is 38.4 Å². The Kier molecular flexibility index (Phi) is 8.13. The van der Waals surface area contributed by atoms with Gasteiger partial charge < -0.3 is 24.1 Å². The van der Waals surface area contributed by atoms with E-state index in [-0.39, 0.29) is 19.3 Å². The molecule has 2 saturated carbocycles. The van der Waals surface area contributed by atoms with Crippen LogP contribution in [-0.2, 0) is 33.3 Å². The fourth-order valence-electron chi connectivity index (χ4n) is 7.59. The van der Waals surface area contributed by atoms with Gasteiger partial charge in [-0.2, -0.15) is 0 Å². The maximum absolute atomic E-state index is 13.3. The number of esters is 3. The van der Waals surface area contributed by atoms with Gasteiger partial charge in [0.25, 0.3) is 0 Å². The van der Waals surface area contributed by atoms with Crippen molar-refractivity contribution in [1.29, 1.82) is 0 Å². The molecule has 228 valence electrons. The zero-order valence-electron chi connectivity index (χ0n) is 25.3. The molecule has 2 aromatic rings. The molecular weight excluding hydrogens is 548 g/mol. The Morgan fingerprint density at radius 3 is 1.84 bits per heavy atom. The maximum Gasteiger partial charge on any atom is 0.331 e. The quantitative estimate of drug-likeness (QED) is 0.264. The number of hydrogen-bond donors (Lipinski definition) is 1. The number of carbonyl (C=O) groups is 3. The van der Waals surface area contributed by atoms with Crippen molar-refractivity contribution in [1.82, 2.24) is 0 Å². The Morgan fingerprint density at radius 2 is 1.33 bits per heavy atom. The molecule has 0 radical (unpaired) electrons. The van der Waals surface area contributed by atoms with Gasteiger partial charge >= 0.3 is 17.9 Å². The van der Waals surface area contributed by atoms with Crippen molar-refractivity contribution in [3.63, 3.8) is 0 Å². The van der Waals surface area contributed by atoms with Gasteiger partial charge in [0.1, 0.15) is 23.9 Å². The number of hydrogen-bond acceptors (Lipinski definition) is 8. The van der Waals surface area contributed by atoms with Crippen LogP contribution in [-0.4, -0.2) is 58.1 Å². The van der Waals surface area contributed by atoms with Crippen molar-refractivity contribution in [3.8, 4) is 0 Å². The molecule has 1 N–H and O–H groups in total. The zero-order valence-corrected chi connectivity index (χ0v) is 25.3. The molecule has 0 aromatic heterocycles. The fourth-order valence-corrected chi connectivity index (χ4v) is 7.59. The van der Waals surface area contributed by atoms with Crippen LogP contribution in [0, 0.1) is 11.3 Å². The van der Waals surface area contributed by atoms with Gasteiger partial charge in [-0.15, -0.1) is 0 Å². The summed E-state index contributed by atoms with van der Waals surface area (Å²) in [7, 11) is 0. The molecule has 43 heavy (non-hydrogen) atoms. The summed E-state index contributed by atoms with van der Waals surface area (Å²) < 4.78 is 25.1. The molecule has 8 heteroatoms. The van der Waals surface area contributed by atoms with Gasteiger partial charge in [0.05, 0.1) is 16.6 Å². The van der Waals surface area contributed by atoms with Crippen LogP contribution in [0.4, 0.5) is 0 Å². The number of rotatable bonds is 7. The van der Waals surface area contributed by atoms with E-state index < -0.39 is 64.4 Å². The Balaban J connectivity index is 1.54. The van der Waals surface area contributed by atoms with Gasteiger partial charge in [-0.25, -0.2) is 9.59 Å². The zero-order chi connectivity index (χ0) is 31.0. The first-order valence-corrected chi connectivity index (χ1v) is 14.8. The second kappa shape index (κ2) is 11.4. The van der Waals surface area contributed by atoms with Crippen LogP contribution in [0.5, 0.6) is 0 Å². The predicted molar refractivity (Wildman–Crippen MR) is 160 cm³/mol. The summed E-state index contributed by atoms with van der Waals surface area (Å²) in [4.78, 5) is 38.9. The van der Waals surface area contributed by atoms with Crippen molar-refractivity contribution >= 4 is 30.1 Å². The van der Waals surface area contributed by atoms with Crippen molar-refractivity contribution in [3.05, 3.63) is 83.9 Å². The van der Waals surface area contributed by atoms with Crippen molar-refractivity contribution in [2.45, 2.75) is 89.0 Å². The lowest BCUT2D eigenvalue weighted by molar-refractivity contribution is -0.329. The molecule has 2 aliphatic carbocycles. The highest BCUT2D eigenvalue weighted by Crippen LogP contribution is 2.68. The third-order valence-electron chi connectivity index (χ3n) is 9.62. The highest BCUT2D eigenvalue weighted by molar-refractivity contribution is 5.88. The summed E-state index contributed by atoms with van der Waals surface area (Å²) in [5, 5.41) is 12.1. The average Bonchev–Trinajstić information content (AvgIpc) is 3.14. The lowest BCUT2D eigenvalue weighted by atomic mass is 9.47. The third kappa shape index (κ3) is 5.43. The van der Waals surface area contributed by atoms with E-state index in [1.165, 1.54) is 19.1 Å². The van der Waals surface area contributed by atoms with E-state index in [4.69, 9.17) is 18.9 Å². The first-order valence-electron chi connectivity index (χ1n) is 14.8. The average molecular weight is 589 g/mol. The third-order valence-corrected chi connectivity index (χ3v) is 9.62. The second-order valence-corrected chi connectivity index (χ2v) is 12.7. The van der Waals surface area contributed by atoms with E-state index in [9.17, 15) is 19.5 Å². The molecule has 2 bridgehead atoms. The summed E-state index contributed by atoms with van der Waals surface area (Å²) >= 11 is 0. The largest absolute Gasteiger partial charge is 0.459 e. The van der Waals surface area contributed by atoms with Gasteiger partial charge in [-0.1, -0.05) is 60.7 Å².